The second kappa shape index (κ2) is 9.62. The Morgan fingerprint density at radius 1 is 1.03 bits per heavy atom. The van der Waals surface area contributed by atoms with E-state index in [0.29, 0.717) is 30.2 Å². The minimum absolute atomic E-state index is 0.173. The minimum Gasteiger partial charge on any atom is -0.493 e. The summed E-state index contributed by atoms with van der Waals surface area (Å²) in [5, 5.41) is 9.15. The number of benzene rings is 1. The number of aromatic nitrogens is 2. The largest absolute Gasteiger partial charge is 0.493 e. The molecule has 9 nitrogen and oxygen atoms in total. The van der Waals surface area contributed by atoms with E-state index in [9.17, 15) is 0 Å². The average Bonchev–Trinajstić information content (AvgIpc) is 2.75. The number of β-amino-alcohol motifs (C(OH)–C–C–N with tert-alkyl or cyclic N) is 1. The van der Waals surface area contributed by atoms with Gasteiger partial charge < -0.3 is 30.0 Å². The van der Waals surface area contributed by atoms with E-state index in [2.05, 4.69) is 19.8 Å². The monoisotopic (exact) mass is 403 g/mol. The van der Waals surface area contributed by atoms with Gasteiger partial charge in [-0.15, -0.1) is 0 Å². The van der Waals surface area contributed by atoms with Crippen LogP contribution in [0.4, 0.5) is 11.8 Å². The Kier molecular flexibility index (Phi) is 6.95. The van der Waals surface area contributed by atoms with Crippen molar-refractivity contribution in [3.63, 3.8) is 0 Å². The van der Waals surface area contributed by atoms with E-state index >= 15 is 0 Å². The zero-order valence-corrected chi connectivity index (χ0v) is 17.2. The van der Waals surface area contributed by atoms with Crippen LogP contribution in [0.2, 0.25) is 0 Å². The van der Waals surface area contributed by atoms with Gasteiger partial charge in [-0.3, -0.25) is 4.90 Å². The van der Waals surface area contributed by atoms with Gasteiger partial charge in [0.1, 0.15) is 5.82 Å². The Bertz CT molecular complexity index is 800. The summed E-state index contributed by atoms with van der Waals surface area (Å²) in [6.45, 7) is 4.24. The van der Waals surface area contributed by atoms with Crippen LogP contribution in [0.15, 0.2) is 18.3 Å². The molecule has 2 aromatic rings. The van der Waals surface area contributed by atoms with E-state index in [1.165, 1.54) is 0 Å². The normalized spacial score (nSPS) is 14.7. The van der Waals surface area contributed by atoms with Crippen LogP contribution in [0.25, 0.3) is 0 Å². The lowest BCUT2D eigenvalue weighted by atomic mass is 10.0. The summed E-state index contributed by atoms with van der Waals surface area (Å²) < 4.78 is 16.3. The smallest absolute Gasteiger partial charge is 0.221 e. The lowest BCUT2D eigenvalue weighted by Crippen LogP contribution is -2.47. The predicted molar refractivity (Wildman–Crippen MR) is 111 cm³/mol. The van der Waals surface area contributed by atoms with Crippen LogP contribution in [0.3, 0.4) is 0 Å². The van der Waals surface area contributed by atoms with Crippen LogP contribution in [0, 0.1) is 0 Å². The fourth-order valence-electron chi connectivity index (χ4n) is 3.59. The second-order valence-electron chi connectivity index (χ2n) is 6.84. The third-order valence-corrected chi connectivity index (χ3v) is 5.07. The number of anilines is 2. The number of rotatable bonds is 8. The van der Waals surface area contributed by atoms with Crippen molar-refractivity contribution >= 4 is 11.8 Å². The number of nitrogens with zero attached hydrogens (tertiary/aromatic N) is 4. The van der Waals surface area contributed by atoms with Crippen LogP contribution in [0.1, 0.15) is 11.1 Å². The number of nitrogens with two attached hydrogens (primary N) is 1. The van der Waals surface area contributed by atoms with Crippen molar-refractivity contribution in [3.8, 4) is 17.2 Å². The maximum atomic E-state index is 9.15. The van der Waals surface area contributed by atoms with Crippen molar-refractivity contribution in [1.82, 2.24) is 14.9 Å². The van der Waals surface area contributed by atoms with E-state index in [1.807, 2.05) is 12.1 Å². The number of hydrogen-bond acceptors (Lipinski definition) is 9. The Morgan fingerprint density at radius 2 is 1.69 bits per heavy atom. The summed E-state index contributed by atoms with van der Waals surface area (Å²) in [4.78, 5) is 13.2. The molecular weight excluding hydrogens is 374 g/mol. The average molecular weight is 403 g/mol. The predicted octanol–water partition coefficient (Wildman–Crippen LogP) is 0.790. The molecule has 1 saturated heterocycles. The molecule has 0 aliphatic carbocycles. The summed E-state index contributed by atoms with van der Waals surface area (Å²) in [6, 6.07) is 3.86. The standard InChI is InChI=1S/C20H29N5O4/c1-27-16-11-14(12-17(28-2)18(16)29-3)10-15-13-22-20(21)23-19(15)25-6-4-24(5-7-25)8-9-26/h11-13,26H,4-10H2,1-3H3,(H2,21,22,23). The molecule has 3 N–H and O–H groups in total. The molecule has 158 valence electrons. The number of hydrogen-bond donors (Lipinski definition) is 2. The zero-order valence-electron chi connectivity index (χ0n) is 17.2. The SMILES string of the molecule is COc1cc(Cc2cnc(N)nc2N2CCN(CCO)CC2)cc(OC)c1OC. The van der Waals surface area contributed by atoms with E-state index < -0.39 is 0 Å². The molecule has 1 aliphatic heterocycles. The quantitative estimate of drug-likeness (QED) is 0.661. The molecule has 1 aliphatic rings. The van der Waals surface area contributed by atoms with Gasteiger partial charge in [-0.25, -0.2) is 4.98 Å². The molecule has 9 heteroatoms. The number of methoxy groups -OCH3 is 3. The molecule has 0 spiro atoms. The van der Waals surface area contributed by atoms with E-state index in [0.717, 1.165) is 43.1 Å². The number of aliphatic hydroxyl groups excluding tert-OH is 1. The first-order valence-corrected chi connectivity index (χ1v) is 9.58. The molecule has 0 bridgehead atoms. The maximum absolute atomic E-state index is 9.15. The Morgan fingerprint density at radius 3 is 2.24 bits per heavy atom. The van der Waals surface area contributed by atoms with Crippen molar-refractivity contribution in [1.29, 1.82) is 0 Å². The fraction of sp³-hybridized carbons (Fsp3) is 0.500. The number of piperazine rings is 1. The first-order valence-electron chi connectivity index (χ1n) is 9.58. The Hall–Kier alpha value is -2.78. The highest BCUT2D eigenvalue weighted by Crippen LogP contribution is 2.39. The van der Waals surface area contributed by atoms with Crippen LogP contribution >= 0.6 is 0 Å². The molecule has 0 atom stereocenters. The third-order valence-electron chi connectivity index (χ3n) is 5.07. The fourth-order valence-corrected chi connectivity index (χ4v) is 3.59. The first kappa shape index (κ1) is 20.9. The molecule has 1 aromatic heterocycles. The number of ether oxygens (including phenoxy) is 3. The Labute approximate surface area is 171 Å². The van der Waals surface area contributed by atoms with Crippen molar-refractivity contribution in [2.75, 3.05) is 71.3 Å². The topological polar surface area (TPSA) is 106 Å². The van der Waals surface area contributed by atoms with E-state index in [-0.39, 0.29) is 12.6 Å². The molecule has 0 radical (unpaired) electrons. The van der Waals surface area contributed by atoms with Crippen molar-refractivity contribution in [2.45, 2.75) is 6.42 Å². The second-order valence-corrected chi connectivity index (χ2v) is 6.84. The van der Waals surface area contributed by atoms with Crippen LogP contribution < -0.4 is 24.8 Å². The van der Waals surface area contributed by atoms with Gasteiger partial charge >= 0.3 is 0 Å². The van der Waals surface area contributed by atoms with Gasteiger partial charge in [-0.1, -0.05) is 0 Å². The first-order chi connectivity index (χ1) is 14.1. The Balaban J connectivity index is 1.87. The molecule has 3 rings (SSSR count). The molecule has 29 heavy (non-hydrogen) atoms. The van der Waals surface area contributed by atoms with Gasteiger partial charge in [0, 0.05) is 50.9 Å². The summed E-state index contributed by atoms with van der Waals surface area (Å²) in [5.74, 6) is 2.88. The van der Waals surface area contributed by atoms with E-state index in [1.54, 1.807) is 27.5 Å². The maximum Gasteiger partial charge on any atom is 0.221 e. The molecule has 1 aromatic carbocycles. The van der Waals surface area contributed by atoms with Gasteiger partial charge in [0.15, 0.2) is 11.5 Å². The molecule has 0 saturated carbocycles. The molecule has 0 unspecified atom stereocenters. The lowest BCUT2D eigenvalue weighted by molar-refractivity contribution is 0.188. The highest BCUT2D eigenvalue weighted by atomic mass is 16.5. The highest BCUT2D eigenvalue weighted by Gasteiger charge is 2.21. The van der Waals surface area contributed by atoms with Gasteiger partial charge in [-0.2, -0.15) is 4.98 Å². The van der Waals surface area contributed by atoms with Gasteiger partial charge in [0.25, 0.3) is 0 Å². The van der Waals surface area contributed by atoms with Crippen molar-refractivity contribution < 1.29 is 19.3 Å². The van der Waals surface area contributed by atoms with Crippen molar-refractivity contribution in [3.05, 3.63) is 29.5 Å². The van der Waals surface area contributed by atoms with E-state index in [4.69, 9.17) is 25.1 Å². The summed E-state index contributed by atoms with van der Waals surface area (Å²) >= 11 is 0. The summed E-state index contributed by atoms with van der Waals surface area (Å²) in [7, 11) is 4.79. The highest BCUT2D eigenvalue weighted by molar-refractivity contribution is 5.56. The molecule has 1 fully saturated rings. The molecular formula is C20H29N5O4. The summed E-state index contributed by atoms with van der Waals surface area (Å²) in [6.07, 6.45) is 2.38. The molecule has 0 amide bonds. The summed E-state index contributed by atoms with van der Waals surface area (Å²) in [5.41, 5.74) is 7.85. The molecule has 2 heterocycles. The minimum atomic E-state index is 0.173. The lowest BCUT2D eigenvalue weighted by Gasteiger charge is -2.35. The third kappa shape index (κ3) is 4.80. The van der Waals surface area contributed by atoms with Crippen LogP contribution in [-0.4, -0.2) is 80.6 Å². The zero-order chi connectivity index (χ0) is 20.8. The van der Waals surface area contributed by atoms with Crippen LogP contribution in [-0.2, 0) is 6.42 Å². The van der Waals surface area contributed by atoms with Gasteiger partial charge in [0.2, 0.25) is 11.7 Å². The van der Waals surface area contributed by atoms with Gasteiger partial charge in [-0.05, 0) is 17.7 Å². The van der Waals surface area contributed by atoms with Crippen molar-refractivity contribution in [2.24, 2.45) is 0 Å². The number of aliphatic hydroxyl groups is 1. The number of nitrogen functional groups attached to an aromatic ring is 1. The van der Waals surface area contributed by atoms with Crippen LogP contribution in [0.5, 0.6) is 17.2 Å². The van der Waals surface area contributed by atoms with Gasteiger partial charge in [0.05, 0.1) is 27.9 Å².